The molecule has 2 heterocycles. The van der Waals surface area contributed by atoms with Gasteiger partial charge in [0.15, 0.2) is 0 Å². The molecule has 9 heteroatoms. The number of hydrogen-bond donors (Lipinski definition) is 3. The number of aromatic amines is 1. The zero-order valence-corrected chi connectivity index (χ0v) is 16.0. The molecule has 4 rings (SSSR count). The van der Waals surface area contributed by atoms with Gasteiger partial charge >= 0.3 is 0 Å². The molecule has 2 aromatic heterocycles. The molecule has 0 saturated carbocycles. The Morgan fingerprint density at radius 1 is 1.04 bits per heavy atom. The predicted octanol–water partition coefficient (Wildman–Crippen LogP) is 3.86. The molecule has 4 aromatic rings. The number of amides is 2. The number of anilines is 1. The Kier molecular flexibility index (Phi) is 5.05. The standard InChI is InChI=1S/C19H14ClN5O2S/c20-12-5-3-6-13(9-12)22-18(27)19-25-24-16(28-19)10-21-17(26)15-8-11-4-1-2-7-14(11)23-15/h1-9,23H,10H2,(H,21,26)(H,22,27). The molecule has 3 N–H and O–H groups in total. The average Bonchev–Trinajstić information content (AvgIpc) is 3.33. The van der Waals surface area contributed by atoms with Crippen LogP contribution in [-0.2, 0) is 6.54 Å². The van der Waals surface area contributed by atoms with Gasteiger partial charge in [0.1, 0.15) is 10.7 Å². The molecule has 0 spiro atoms. The van der Waals surface area contributed by atoms with Crippen LogP contribution in [0.15, 0.2) is 54.6 Å². The van der Waals surface area contributed by atoms with Crippen molar-refractivity contribution in [2.75, 3.05) is 5.32 Å². The van der Waals surface area contributed by atoms with Crippen molar-refractivity contribution in [3.63, 3.8) is 0 Å². The molecule has 7 nitrogen and oxygen atoms in total. The Morgan fingerprint density at radius 3 is 2.71 bits per heavy atom. The second-order valence-electron chi connectivity index (χ2n) is 5.92. The zero-order valence-electron chi connectivity index (χ0n) is 14.4. The van der Waals surface area contributed by atoms with Crippen LogP contribution < -0.4 is 10.6 Å². The summed E-state index contributed by atoms with van der Waals surface area (Å²) in [6.45, 7) is 0.177. The third-order valence-corrected chi connectivity index (χ3v) is 5.08. The molecule has 28 heavy (non-hydrogen) atoms. The van der Waals surface area contributed by atoms with Gasteiger partial charge in [-0.05, 0) is 30.3 Å². The van der Waals surface area contributed by atoms with Crippen molar-refractivity contribution in [2.24, 2.45) is 0 Å². The highest BCUT2D eigenvalue weighted by molar-refractivity contribution is 7.13. The second kappa shape index (κ2) is 7.79. The molecule has 0 saturated heterocycles. The van der Waals surface area contributed by atoms with Crippen molar-refractivity contribution in [1.82, 2.24) is 20.5 Å². The summed E-state index contributed by atoms with van der Waals surface area (Å²) >= 11 is 7.02. The van der Waals surface area contributed by atoms with Gasteiger partial charge in [-0.2, -0.15) is 0 Å². The fraction of sp³-hybridized carbons (Fsp3) is 0.0526. The first-order chi connectivity index (χ1) is 13.6. The lowest BCUT2D eigenvalue weighted by molar-refractivity contribution is 0.0945. The van der Waals surface area contributed by atoms with E-state index < -0.39 is 0 Å². The number of benzene rings is 2. The van der Waals surface area contributed by atoms with Crippen molar-refractivity contribution < 1.29 is 9.59 Å². The first-order valence-electron chi connectivity index (χ1n) is 8.34. The number of aromatic nitrogens is 3. The van der Waals surface area contributed by atoms with E-state index in [1.807, 2.05) is 24.3 Å². The van der Waals surface area contributed by atoms with E-state index in [1.165, 1.54) is 0 Å². The number of nitrogens with one attached hydrogen (secondary N) is 3. The molecule has 0 fully saturated rings. The molecule has 0 unspecified atom stereocenters. The van der Waals surface area contributed by atoms with Crippen molar-refractivity contribution in [3.05, 3.63) is 75.3 Å². The van der Waals surface area contributed by atoms with Crippen LogP contribution in [0.25, 0.3) is 10.9 Å². The van der Waals surface area contributed by atoms with Crippen LogP contribution in [0.2, 0.25) is 5.02 Å². The third kappa shape index (κ3) is 4.03. The number of nitrogens with zero attached hydrogens (tertiary/aromatic N) is 2. The summed E-state index contributed by atoms with van der Waals surface area (Å²) in [7, 11) is 0. The largest absolute Gasteiger partial charge is 0.351 e. The number of rotatable bonds is 5. The fourth-order valence-corrected chi connectivity index (χ4v) is 3.48. The van der Waals surface area contributed by atoms with E-state index in [2.05, 4.69) is 25.8 Å². The Bertz CT molecular complexity index is 1140. The Labute approximate surface area is 168 Å². The average molecular weight is 412 g/mol. The molecule has 140 valence electrons. The van der Waals surface area contributed by atoms with Gasteiger partial charge < -0.3 is 15.6 Å². The quantitative estimate of drug-likeness (QED) is 0.464. The van der Waals surface area contributed by atoms with Crippen molar-refractivity contribution in [1.29, 1.82) is 0 Å². The van der Waals surface area contributed by atoms with Gasteiger partial charge in [-0.1, -0.05) is 47.2 Å². The van der Waals surface area contributed by atoms with Crippen LogP contribution in [0, 0.1) is 0 Å². The smallest absolute Gasteiger partial charge is 0.286 e. The molecular weight excluding hydrogens is 398 g/mol. The van der Waals surface area contributed by atoms with Gasteiger partial charge in [0.2, 0.25) is 5.01 Å². The molecule has 2 aromatic carbocycles. The van der Waals surface area contributed by atoms with Gasteiger partial charge in [0.05, 0.1) is 6.54 Å². The van der Waals surface area contributed by atoms with Crippen LogP contribution in [0.4, 0.5) is 5.69 Å². The van der Waals surface area contributed by atoms with Crippen LogP contribution in [0.5, 0.6) is 0 Å². The maximum absolute atomic E-state index is 12.3. The zero-order chi connectivity index (χ0) is 19.5. The normalized spacial score (nSPS) is 10.8. The Hall–Kier alpha value is -3.23. The molecule has 2 amide bonds. The minimum atomic E-state index is -0.382. The number of fused-ring (bicyclic) bond motifs is 1. The first kappa shape index (κ1) is 18.1. The molecule has 0 radical (unpaired) electrons. The third-order valence-electron chi connectivity index (χ3n) is 3.92. The van der Waals surface area contributed by atoms with Crippen LogP contribution in [0.1, 0.15) is 25.3 Å². The van der Waals surface area contributed by atoms with Gasteiger partial charge in [-0.3, -0.25) is 9.59 Å². The van der Waals surface area contributed by atoms with E-state index in [4.69, 9.17) is 11.6 Å². The summed E-state index contributed by atoms with van der Waals surface area (Å²) in [4.78, 5) is 27.7. The molecule has 0 aliphatic rings. The van der Waals surface area contributed by atoms with Gasteiger partial charge in [-0.25, -0.2) is 0 Å². The number of H-pyrrole nitrogens is 1. The molecule has 0 aliphatic carbocycles. The second-order valence-corrected chi connectivity index (χ2v) is 7.42. The number of carbonyl (C=O) groups excluding carboxylic acids is 2. The summed E-state index contributed by atoms with van der Waals surface area (Å²) in [5, 5.41) is 15.5. The maximum Gasteiger partial charge on any atom is 0.286 e. The van der Waals surface area contributed by atoms with Crippen LogP contribution in [-0.4, -0.2) is 27.0 Å². The predicted molar refractivity (Wildman–Crippen MR) is 109 cm³/mol. The lowest BCUT2D eigenvalue weighted by atomic mass is 10.2. The number of para-hydroxylation sites is 1. The van der Waals surface area contributed by atoms with Gasteiger partial charge in [0, 0.05) is 21.6 Å². The number of carbonyl (C=O) groups is 2. The van der Waals surface area contributed by atoms with Crippen LogP contribution in [0.3, 0.4) is 0 Å². The van der Waals surface area contributed by atoms with E-state index in [0.29, 0.717) is 21.4 Å². The highest BCUT2D eigenvalue weighted by atomic mass is 35.5. The Balaban J connectivity index is 1.37. The van der Waals surface area contributed by atoms with Crippen molar-refractivity contribution in [2.45, 2.75) is 6.54 Å². The molecule has 0 aliphatic heterocycles. The van der Waals surface area contributed by atoms with E-state index in [1.54, 1.807) is 30.3 Å². The first-order valence-corrected chi connectivity index (χ1v) is 9.53. The van der Waals surface area contributed by atoms with E-state index in [-0.39, 0.29) is 23.4 Å². The number of hydrogen-bond acceptors (Lipinski definition) is 5. The van der Waals surface area contributed by atoms with E-state index in [9.17, 15) is 9.59 Å². The molecule has 0 bridgehead atoms. The fourth-order valence-electron chi connectivity index (χ4n) is 2.61. The monoisotopic (exact) mass is 411 g/mol. The van der Waals surface area contributed by atoms with Crippen molar-refractivity contribution in [3.8, 4) is 0 Å². The SMILES string of the molecule is O=C(NCc1nnc(C(=O)Nc2cccc(Cl)c2)s1)c1cc2ccccc2[nH]1. The summed E-state index contributed by atoms with van der Waals surface area (Å²) in [6.07, 6.45) is 0. The van der Waals surface area contributed by atoms with Gasteiger partial charge in [-0.15, -0.1) is 10.2 Å². The lowest BCUT2D eigenvalue weighted by Gasteiger charge is -2.02. The highest BCUT2D eigenvalue weighted by Gasteiger charge is 2.15. The minimum Gasteiger partial charge on any atom is -0.351 e. The van der Waals surface area contributed by atoms with E-state index >= 15 is 0 Å². The molecular formula is C19H14ClN5O2S. The topological polar surface area (TPSA) is 99.8 Å². The summed E-state index contributed by atoms with van der Waals surface area (Å²) in [5.41, 5.74) is 1.93. The minimum absolute atomic E-state index is 0.177. The van der Waals surface area contributed by atoms with Gasteiger partial charge in [0.25, 0.3) is 11.8 Å². The van der Waals surface area contributed by atoms with E-state index in [0.717, 1.165) is 22.2 Å². The molecule has 0 atom stereocenters. The van der Waals surface area contributed by atoms with Crippen molar-refractivity contribution >= 4 is 51.3 Å². The Morgan fingerprint density at radius 2 is 1.89 bits per heavy atom. The highest BCUT2D eigenvalue weighted by Crippen LogP contribution is 2.18. The number of halogens is 1. The lowest BCUT2D eigenvalue weighted by Crippen LogP contribution is -2.22. The summed E-state index contributed by atoms with van der Waals surface area (Å²) < 4.78 is 0. The maximum atomic E-state index is 12.3. The summed E-state index contributed by atoms with van der Waals surface area (Å²) in [6, 6.07) is 16.3. The summed E-state index contributed by atoms with van der Waals surface area (Å²) in [5.74, 6) is -0.635. The van der Waals surface area contributed by atoms with Crippen LogP contribution >= 0.6 is 22.9 Å².